The van der Waals surface area contributed by atoms with Crippen LogP contribution in [-0.4, -0.2) is 67.4 Å². The summed E-state index contributed by atoms with van der Waals surface area (Å²) in [6, 6.07) is 2.68. The van der Waals surface area contributed by atoms with Crippen LogP contribution in [0.2, 0.25) is 0 Å². The number of anilines is 2. The Hall–Kier alpha value is -1.40. The van der Waals surface area contributed by atoms with Crippen LogP contribution >= 0.6 is 0 Å². The number of aromatic nitrogens is 2. The van der Waals surface area contributed by atoms with Gasteiger partial charge in [0.25, 0.3) is 0 Å². The van der Waals surface area contributed by atoms with Gasteiger partial charge in [0.05, 0.1) is 0 Å². The van der Waals surface area contributed by atoms with Crippen molar-refractivity contribution >= 4 is 11.8 Å². The SMILES string of the molecule is CN(CCNc1nccc(N2CCCCCC2)n1)C1CCOCC1. The van der Waals surface area contributed by atoms with Crippen molar-refractivity contribution in [3.63, 3.8) is 0 Å². The van der Waals surface area contributed by atoms with Crippen LogP contribution < -0.4 is 10.2 Å². The van der Waals surface area contributed by atoms with Crippen molar-refractivity contribution in [2.75, 3.05) is 56.7 Å². The number of rotatable bonds is 6. The molecule has 1 N–H and O–H groups in total. The molecule has 2 aliphatic rings. The van der Waals surface area contributed by atoms with Gasteiger partial charge < -0.3 is 19.9 Å². The molecule has 0 saturated carbocycles. The van der Waals surface area contributed by atoms with E-state index in [1.54, 1.807) is 0 Å². The summed E-state index contributed by atoms with van der Waals surface area (Å²) in [7, 11) is 2.20. The van der Waals surface area contributed by atoms with E-state index in [1.807, 2.05) is 12.3 Å². The van der Waals surface area contributed by atoms with Gasteiger partial charge in [-0.25, -0.2) is 4.98 Å². The zero-order valence-electron chi connectivity index (χ0n) is 14.9. The molecule has 134 valence electrons. The van der Waals surface area contributed by atoms with Gasteiger partial charge in [-0.05, 0) is 38.8 Å². The lowest BCUT2D eigenvalue weighted by Gasteiger charge is -2.31. The minimum atomic E-state index is 0.643. The van der Waals surface area contributed by atoms with Crippen molar-refractivity contribution < 1.29 is 4.74 Å². The first-order valence-corrected chi connectivity index (χ1v) is 9.43. The molecule has 0 aliphatic carbocycles. The number of hydrogen-bond donors (Lipinski definition) is 1. The Labute approximate surface area is 145 Å². The van der Waals surface area contributed by atoms with Gasteiger partial charge in [-0.3, -0.25) is 0 Å². The third kappa shape index (κ3) is 5.05. The van der Waals surface area contributed by atoms with Gasteiger partial charge >= 0.3 is 0 Å². The zero-order valence-corrected chi connectivity index (χ0v) is 14.9. The van der Waals surface area contributed by atoms with Crippen molar-refractivity contribution in [2.45, 2.75) is 44.6 Å². The third-order valence-electron chi connectivity index (χ3n) is 5.13. The molecule has 2 fully saturated rings. The quantitative estimate of drug-likeness (QED) is 0.863. The first kappa shape index (κ1) is 17.4. The molecule has 0 atom stereocenters. The molecule has 24 heavy (non-hydrogen) atoms. The van der Waals surface area contributed by atoms with Crippen LogP contribution in [0.1, 0.15) is 38.5 Å². The third-order valence-corrected chi connectivity index (χ3v) is 5.13. The fourth-order valence-electron chi connectivity index (χ4n) is 3.56. The number of likely N-dealkylation sites (N-methyl/N-ethyl adjacent to an activating group) is 1. The van der Waals surface area contributed by atoms with Crippen molar-refractivity contribution in [2.24, 2.45) is 0 Å². The summed E-state index contributed by atoms with van der Waals surface area (Å²) in [6.07, 6.45) is 9.36. The average Bonchev–Trinajstić information content (AvgIpc) is 2.92. The fourth-order valence-corrected chi connectivity index (χ4v) is 3.56. The summed E-state index contributed by atoms with van der Waals surface area (Å²) in [5, 5.41) is 3.39. The molecule has 0 amide bonds. The van der Waals surface area contributed by atoms with Gasteiger partial charge in [0, 0.05) is 51.6 Å². The molecule has 0 radical (unpaired) electrons. The largest absolute Gasteiger partial charge is 0.381 e. The van der Waals surface area contributed by atoms with Crippen LogP contribution in [0, 0.1) is 0 Å². The second-order valence-corrected chi connectivity index (χ2v) is 6.89. The summed E-state index contributed by atoms with van der Waals surface area (Å²) in [4.78, 5) is 13.9. The van der Waals surface area contributed by atoms with Crippen molar-refractivity contribution in [3.05, 3.63) is 12.3 Å². The highest BCUT2D eigenvalue weighted by molar-refractivity contribution is 5.42. The Balaban J connectivity index is 1.47. The molecule has 0 bridgehead atoms. The van der Waals surface area contributed by atoms with E-state index in [-0.39, 0.29) is 0 Å². The Morgan fingerprint density at radius 3 is 2.71 bits per heavy atom. The minimum Gasteiger partial charge on any atom is -0.381 e. The second kappa shape index (κ2) is 9.18. The van der Waals surface area contributed by atoms with Crippen LogP contribution in [0.4, 0.5) is 11.8 Å². The maximum Gasteiger partial charge on any atom is 0.224 e. The summed E-state index contributed by atoms with van der Waals surface area (Å²) in [5.74, 6) is 1.81. The molecule has 6 nitrogen and oxygen atoms in total. The summed E-state index contributed by atoms with van der Waals surface area (Å²) in [5.41, 5.74) is 0. The molecule has 1 aromatic rings. The molecular weight excluding hydrogens is 302 g/mol. The molecule has 0 unspecified atom stereocenters. The maximum absolute atomic E-state index is 5.44. The molecule has 2 aliphatic heterocycles. The Morgan fingerprint density at radius 1 is 1.21 bits per heavy atom. The lowest BCUT2D eigenvalue weighted by molar-refractivity contribution is 0.0443. The van der Waals surface area contributed by atoms with Crippen molar-refractivity contribution in [1.82, 2.24) is 14.9 Å². The predicted octanol–water partition coefficient (Wildman–Crippen LogP) is 2.38. The first-order chi connectivity index (χ1) is 11.8. The Kier molecular flexibility index (Phi) is 6.66. The fraction of sp³-hybridized carbons (Fsp3) is 0.778. The van der Waals surface area contributed by atoms with Crippen LogP contribution in [0.5, 0.6) is 0 Å². The lowest BCUT2D eigenvalue weighted by Crippen LogP contribution is -2.39. The highest BCUT2D eigenvalue weighted by Crippen LogP contribution is 2.18. The molecule has 2 saturated heterocycles. The van der Waals surface area contributed by atoms with Gasteiger partial charge in [0.1, 0.15) is 5.82 Å². The van der Waals surface area contributed by atoms with E-state index in [2.05, 4.69) is 27.1 Å². The molecule has 3 rings (SSSR count). The highest BCUT2D eigenvalue weighted by atomic mass is 16.5. The summed E-state index contributed by atoms with van der Waals surface area (Å²) >= 11 is 0. The van der Waals surface area contributed by atoms with Gasteiger partial charge in [-0.1, -0.05) is 12.8 Å². The monoisotopic (exact) mass is 333 g/mol. The number of ether oxygens (including phenoxy) is 1. The molecular formula is C18H31N5O. The van der Waals surface area contributed by atoms with E-state index < -0.39 is 0 Å². The van der Waals surface area contributed by atoms with Gasteiger partial charge in [0.15, 0.2) is 0 Å². The first-order valence-electron chi connectivity index (χ1n) is 9.43. The summed E-state index contributed by atoms with van der Waals surface area (Å²) < 4.78 is 5.44. The molecule has 3 heterocycles. The number of hydrogen-bond acceptors (Lipinski definition) is 6. The van der Waals surface area contributed by atoms with E-state index >= 15 is 0 Å². The van der Waals surface area contributed by atoms with Crippen molar-refractivity contribution in [3.8, 4) is 0 Å². The van der Waals surface area contributed by atoms with E-state index in [1.165, 1.54) is 25.7 Å². The Morgan fingerprint density at radius 2 is 1.96 bits per heavy atom. The van der Waals surface area contributed by atoms with E-state index in [0.29, 0.717) is 6.04 Å². The van der Waals surface area contributed by atoms with E-state index in [0.717, 1.165) is 64.0 Å². The highest BCUT2D eigenvalue weighted by Gasteiger charge is 2.18. The molecule has 0 aromatic carbocycles. The molecule has 0 spiro atoms. The van der Waals surface area contributed by atoms with E-state index in [9.17, 15) is 0 Å². The van der Waals surface area contributed by atoms with Gasteiger partial charge in [-0.2, -0.15) is 4.98 Å². The van der Waals surface area contributed by atoms with E-state index in [4.69, 9.17) is 9.72 Å². The summed E-state index contributed by atoms with van der Waals surface area (Å²) in [6.45, 7) is 5.89. The molecule has 1 aromatic heterocycles. The van der Waals surface area contributed by atoms with Crippen LogP contribution in [0.3, 0.4) is 0 Å². The minimum absolute atomic E-state index is 0.643. The van der Waals surface area contributed by atoms with Gasteiger partial charge in [-0.15, -0.1) is 0 Å². The van der Waals surface area contributed by atoms with Gasteiger partial charge in [0.2, 0.25) is 5.95 Å². The second-order valence-electron chi connectivity index (χ2n) is 6.89. The Bertz CT molecular complexity index is 484. The standard InChI is InChI=1S/C18H31N5O/c1-22(16-7-14-24-15-8-16)13-10-20-18-19-9-6-17(21-18)23-11-4-2-3-5-12-23/h6,9,16H,2-5,7-8,10-15H2,1H3,(H,19,20,21). The smallest absolute Gasteiger partial charge is 0.224 e. The van der Waals surface area contributed by atoms with Crippen molar-refractivity contribution in [1.29, 1.82) is 0 Å². The number of nitrogens with one attached hydrogen (secondary N) is 1. The lowest BCUT2D eigenvalue weighted by atomic mass is 10.1. The average molecular weight is 333 g/mol. The van der Waals surface area contributed by atoms with Crippen LogP contribution in [-0.2, 0) is 4.74 Å². The molecule has 6 heteroatoms. The topological polar surface area (TPSA) is 53.5 Å². The van der Waals surface area contributed by atoms with Crippen LogP contribution in [0.25, 0.3) is 0 Å². The predicted molar refractivity (Wildman–Crippen MR) is 97.7 cm³/mol. The van der Waals surface area contributed by atoms with Crippen LogP contribution in [0.15, 0.2) is 12.3 Å². The zero-order chi connectivity index (χ0) is 16.6. The number of nitrogens with zero attached hydrogens (tertiary/aromatic N) is 4. The maximum atomic E-state index is 5.44. The normalized spacial score (nSPS) is 20.2.